The van der Waals surface area contributed by atoms with E-state index in [1.807, 2.05) is 12.1 Å². The Morgan fingerprint density at radius 3 is 2.32 bits per heavy atom. The van der Waals surface area contributed by atoms with Crippen molar-refractivity contribution in [3.05, 3.63) is 57.7 Å². The van der Waals surface area contributed by atoms with E-state index in [4.69, 9.17) is 0 Å². The van der Waals surface area contributed by atoms with Gasteiger partial charge in [0.1, 0.15) is 0 Å². The highest BCUT2D eigenvalue weighted by Crippen LogP contribution is 2.18. The lowest BCUT2D eigenvalue weighted by Gasteiger charge is -2.12. The number of nitrogens with one attached hydrogen (secondary N) is 1. The Labute approximate surface area is 143 Å². The van der Waals surface area contributed by atoms with Gasteiger partial charge in [0, 0.05) is 28.9 Å². The van der Waals surface area contributed by atoms with E-state index in [0.717, 1.165) is 7.88 Å². The summed E-state index contributed by atoms with van der Waals surface area (Å²) >= 11 is 2.16. The number of amides is 1. The van der Waals surface area contributed by atoms with Crippen molar-refractivity contribution in [1.82, 2.24) is 4.31 Å². The molecule has 0 saturated heterocycles. The molecule has 0 radical (unpaired) electrons. The van der Waals surface area contributed by atoms with E-state index in [9.17, 15) is 13.2 Å². The average Bonchev–Trinajstić information content (AvgIpc) is 2.48. The summed E-state index contributed by atoms with van der Waals surface area (Å²) in [4.78, 5) is 12.3. The minimum absolute atomic E-state index is 0.137. The van der Waals surface area contributed by atoms with Gasteiger partial charge in [-0.3, -0.25) is 4.79 Å². The van der Waals surface area contributed by atoms with Gasteiger partial charge in [-0.15, -0.1) is 0 Å². The van der Waals surface area contributed by atoms with Gasteiger partial charge >= 0.3 is 0 Å². The molecule has 0 spiro atoms. The van der Waals surface area contributed by atoms with Crippen molar-refractivity contribution in [2.45, 2.75) is 4.90 Å². The first-order valence-corrected chi connectivity index (χ1v) is 8.92. The molecule has 1 N–H and O–H groups in total. The molecule has 7 heteroatoms. The van der Waals surface area contributed by atoms with Crippen molar-refractivity contribution in [3.63, 3.8) is 0 Å². The van der Waals surface area contributed by atoms with E-state index in [-0.39, 0.29) is 10.8 Å². The summed E-state index contributed by atoms with van der Waals surface area (Å²) in [5, 5.41) is 2.70. The van der Waals surface area contributed by atoms with Gasteiger partial charge in [0.2, 0.25) is 10.0 Å². The van der Waals surface area contributed by atoms with Crippen LogP contribution in [0.4, 0.5) is 5.69 Å². The van der Waals surface area contributed by atoms with Crippen LogP contribution in [0.15, 0.2) is 53.4 Å². The Morgan fingerprint density at radius 1 is 1.09 bits per heavy atom. The lowest BCUT2D eigenvalue weighted by molar-refractivity contribution is 0.102. The molecule has 0 aliphatic heterocycles. The second-order valence-electron chi connectivity index (χ2n) is 4.78. The van der Waals surface area contributed by atoms with Crippen LogP contribution >= 0.6 is 22.6 Å². The molecule has 0 aromatic heterocycles. The van der Waals surface area contributed by atoms with Gasteiger partial charge < -0.3 is 5.32 Å². The lowest BCUT2D eigenvalue weighted by atomic mass is 10.2. The van der Waals surface area contributed by atoms with Crippen LogP contribution in [0.2, 0.25) is 0 Å². The maximum Gasteiger partial charge on any atom is 0.255 e. The summed E-state index contributed by atoms with van der Waals surface area (Å²) in [6.45, 7) is 0. The maximum absolute atomic E-state index is 12.1. The van der Waals surface area contributed by atoms with Crippen LogP contribution in [-0.4, -0.2) is 32.7 Å². The molecule has 0 atom stereocenters. The highest BCUT2D eigenvalue weighted by Gasteiger charge is 2.17. The van der Waals surface area contributed by atoms with Gasteiger partial charge in [-0.2, -0.15) is 0 Å². The van der Waals surface area contributed by atoms with Crippen LogP contribution in [0.5, 0.6) is 0 Å². The minimum Gasteiger partial charge on any atom is -0.322 e. The third-order valence-electron chi connectivity index (χ3n) is 2.98. The fourth-order valence-corrected chi connectivity index (χ4v) is 3.06. The van der Waals surface area contributed by atoms with Crippen molar-refractivity contribution in [2.75, 3.05) is 19.4 Å². The molecule has 116 valence electrons. The van der Waals surface area contributed by atoms with Crippen molar-refractivity contribution in [3.8, 4) is 0 Å². The number of halogens is 1. The van der Waals surface area contributed by atoms with Gasteiger partial charge in [0.15, 0.2) is 0 Å². The molecule has 0 fully saturated rings. The first-order valence-electron chi connectivity index (χ1n) is 6.40. The molecular weight excluding hydrogens is 415 g/mol. The van der Waals surface area contributed by atoms with E-state index >= 15 is 0 Å². The zero-order valence-corrected chi connectivity index (χ0v) is 15.1. The fourth-order valence-electron chi connectivity index (χ4n) is 1.75. The van der Waals surface area contributed by atoms with Crippen molar-refractivity contribution in [1.29, 1.82) is 0 Å². The number of benzene rings is 2. The second-order valence-corrected chi connectivity index (χ2v) is 8.17. The molecule has 0 aliphatic rings. The Bertz CT molecular complexity index is 787. The van der Waals surface area contributed by atoms with E-state index in [1.165, 1.54) is 26.2 Å². The topological polar surface area (TPSA) is 66.5 Å². The number of carbonyl (C=O) groups excluding carboxylic acids is 1. The average molecular weight is 430 g/mol. The van der Waals surface area contributed by atoms with Crippen molar-refractivity contribution < 1.29 is 13.2 Å². The maximum atomic E-state index is 12.1. The normalized spacial score (nSPS) is 11.5. The van der Waals surface area contributed by atoms with Crippen LogP contribution < -0.4 is 5.32 Å². The highest BCUT2D eigenvalue weighted by molar-refractivity contribution is 14.1. The lowest BCUT2D eigenvalue weighted by Crippen LogP contribution is -2.22. The number of nitrogens with zero attached hydrogens (tertiary/aromatic N) is 1. The number of hydrogen-bond acceptors (Lipinski definition) is 3. The van der Waals surface area contributed by atoms with Gasteiger partial charge in [-0.05, 0) is 65.1 Å². The predicted molar refractivity (Wildman–Crippen MR) is 94.4 cm³/mol. The molecule has 22 heavy (non-hydrogen) atoms. The standard InChI is InChI=1S/C15H15IN2O3S/c1-18(2)22(20,21)14-5-3-4-13(10-14)17-15(19)11-6-8-12(16)9-7-11/h3-10H,1-2H3,(H,17,19). The third-order valence-corrected chi connectivity index (χ3v) is 5.51. The van der Waals surface area contributed by atoms with Crippen LogP contribution in [0.25, 0.3) is 0 Å². The summed E-state index contributed by atoms with van der Waals surface area (Å²) in [5.41, 5.74) is 0.952. The first kappa shape index (κ1) is 16.9. The molecule has 0 saturated carbocycles. The molecule has 0 aliphatic carbocycles. The fraction of sp³-hybridized carbons (Fsp3) is 0.133. The number of hydrogen-bond donors (Lipinski definition) is 1. The summed E-state index contributed by atoms with van der Waals surface area (Å²) in [5.74, 6) is -0.282. The molecule has 2 aromatic carbocycles. The Hall–Kier alpha value is -1.45. The first-order chi connectivity index (χ1) is 10.3. The molecule has 0 bridgehead atoms. The number of sulfonamides is 1. The van der Waals surface area contributed by atoms with Gasteiger partial charge in [0.05, 0.1) is 4.90 Å². The van der Waals surface area contributed by atoms with Crippen molar-refractivity contribution >= 4 is 44.2 Å². The third kappa shape index (κ3) is 3.84. The SMILES string of the molecule is CN(C)S(=O)(=O)c1cccc(NC(=O)c2ccc(I)cc2)c1. The van der Waals surface area contributed by atoms with Crippen LogP contribution in [0, 0.1) is 3.57 Å². The van der Waals surface area contributed by atoms with Gasteiger partial charge in [-0.1, -0.05) is 6.07 Å². The summed E-state index contributed by atoms with van der Waals surface area (Å²) < 4.78 is 26.3. The predicted octanol–water partition coefficient (Wildman–Crippen LogP) is 2.79. The van der Waals surface area contributed by atoms with E-state index in [2.05, 4.69) is 27.9 Å². The van der Waals surface area contributed by atoms with E-state index < -0.39 is 10.0 Å². The molecule has 0 heterocycles. The van der Waals surface area contributed by atoms with E-state index in [0.29, 0.717) is 11.3 Å². The van der Waals surface area contributed by atoms with Gasteiger partial charge in [-0.25, -0.2) is 12.7 Å². The molecule has 5 nitrogen and oxygen atoms in total. The summed E-state index contributed by atoms with van der Waals surface area (Å²) in [6.07, 6.45) is 0. The zero-order valence-electron chi connectivity index (χ0n) is 12.1. The zero-order chi connectivity index (χ0) is 16.3. The van der Waals surface area contributed by atoms with Crippen molar-refractivity contribution in [2.24, 2.45) is 0 Å². The number of anilines is 1. The minimum atomic E-state index is -3.52. The van der Waals surface area contributed by atoms with Crippen LogP contribution in [-0.2, 0) is 10.0 Å². The Kier molecular flexibility index (Phi) is 5.20. The monoisotopic (exact) mass is 430 g/mol. The molecule has 2 rings (SSSR count). The molecule has 1 amide bonds. The number of rotatable bonds is 4. The summed E-state index contributed by atoms with van der Waals surface area (Å²) in [6, 6.07) is 13.3. The summed E-state index contributed by atoms with van der Waals surface area (Å²) in [7, 11) is -0.595. The van der Waals surface area contributed by atoms with E-state index in [1.54, 1.807) is 24.3 Å². The van der Waals surface area contributed by atoms with Crippen LogP contribution in [0.1, 0.15) is 10.4 Å². The Morgan fingerprint density at radius 2 is 1.73 bits per heavy atom. The molecule has 0 unspecified atom stereocenters. The highest BCUT2D eigenvalue weighted by atomic mass is 127. The molecular formula is C15H15IN2O3S. The Balaban J connectivity index is 2.24. The second kappa shape index (κ2) is 6.76. The number of carbonyl (C=O) groups is 1. The quantitative estimate of drug-likeness (QED) is 0.759. The largest absolute Gasteiger partial charge is 0.322 e. The van der Waals surface area contributed by atoms with Crippen LogP contribution in [0.3, 0.4) is 0 Å². The smallest absolute Gasteiger partial charge is 0.255 e. The van der Waals surface area contributed by atoms with Gasteiger partial charge in [0.25, 0.3) is 5.91 Å². The molecule has 2 aromatic rings.